The van der Waals surface area contributed by atoms with Crippen LogP contribution < -0.4 is 65.6 Å². The van der Waals surface area contributed by atoms with E-state index in [4.69, 9.17) is 114 Å². The molecule has 17 heteroatoms. The zero-order chi connectivity index (χ0) is 49.6. The van der Waals surface area contributed by atoms with Gasteiger partial charge in [0.1, 0.15) is 105 Å². The van der Waals surface area contributed by atoms with Crippen molar-refractivity contribution in [1.82, 2.24) is 19.5 Å². The van der Waals surface area contributed by atoms with Crippen molar-refractivity contribution in [3.05, 3.63) is 132 Å². The van der Waals surface area contributed by atoms with Gasteiger partial charge < -0.3 is 4.42 Å². The van der Waals surface area contributed by atoms with Crippen LogP contribution in [0, 0.1) is 0 Å². The molecular formula is C53H26B12N4O. The van der Waals surface area contributed by atoms with Crippen LogP contribution in [0.1, 0.15) is 31.4 Å². The molecule has 2 aliphatic carbocycles. The summed E-state index contributed by atoms with van der Waals surface area (Å²) >= 11 is 0. The van der Waals surface area contributed by atoms with Gasteiger partial charge in [-0.15, -0.1) is 27.3 Å². The number of rotatable bonds is 7. The Morgan fingerprint density at radius 2 is 1.11 bits per heavy atom. The molecule has 0 bridgehead atoms. The van der Waals surface area contributed by atoms with Crippen LogP contribution in [0.25, 0.3) is 83.6 Å². The van der Waals surface area contributed by atoms with Gasteiger partial charge in [-0.3, -0.25) is 4.57 Å². The minimum atomic E-state index is -0.762. The third-order valence-electron chi connectivity index (χ3n) is 14.3. The van der Waals surface area contributed by atoms with Crippen molar-refractivity contribution < 1.29 is 4.42 Å². The van der Waals surface area contributed by atoms with E-state index in [0.717, 1.165) is 72.8 Å². The lowest BCUT2D eigenvalue weighted by Crippen LogP contribution is -2.55. The average Bonchev–Trinajstić information content (AvgIpc) is 4.08. The third-order valence-corrected chi connectivity index (χ3v) is 14.3. The molecule has 1 spiro atoms. The van der Waals surface area contributed by atoms with Gasteiger partial charge in [-0.05, 0) is 58.4 Å². The second-order valence-corrected chi connectivity index (χ2v) is 17.6. The molecule has 3 aromatic heterocycles. The van der Waals surface area contributed by atoms with Crippen molar-refractivity contribution in [2.75, 3.05) is 0 Å². The van der Waals surface area contributed by atoms with Crippen LogP contribution in [0.4, 0.5) is 0 Å². The van der Waals surface area contributed by atoms with E-state index in [1.807, 2.05) is 41.0 Å². The molecule has 0 amide bonds. The van der Waals surface area contributed by atoms with Crippen LogP contribution in [0.15, 0.2) is 125 Å². The zero-order valence-corrected chi connectivity index (χ0v) is 38.3. The number of nitrogens with zero attached hydrogens (tertiary/aromatic N) is 4. The molecule has 11 rings (SSSR count). The zero-order valence-electron chi connectivity index (χ0n) is 38.3. The number of hydrogen-bond acceptors (Lipinski definition) is 4. The molecule has 0 fully saturated rings. The van der Waals surface area contributed by atoms with E-state index in [1.165, 1.54) is 0 Å². The minimum absolute atomic E-state index is 0.00559. The van der Waals surface area contributed by atoms with Gasteiger partial charge in [-0.1, -0.05) is 137 Å². The Kier molecular flexibility index (Phi) is 10.6. The molecule has 5 nitrogen and oxygen atoms in total. The molecule has 70 heavy (non-hydrogen) atoms. The van der Waals surface area contributed by atoms with Gasteiger partial charge >= 0.3 is 0 Å². The van der Waals surface area contributed by atoms with Crippen LogP contribution in [0.3, 0.4) is 0 Å². The number of allylic oxidation sites excluding steroid dienone is 8. The van der Waals surface area contributed by atoms with Crippen molar-refractivity contribution in [1.29, 1.82) is 0 Å². The van der Waals surface area contributed by atoms with E-state index in [2.05, 4.69) is 75.6 Å². The van der Waals surface area contributed by atoms with Crippen molar-refractivity contribution in [3.63, 3.8) is 0 Å². The maximum atomic E-state index is 7.20. The third kappa shape index (κ3) is 5.81. The summed E-state index contributed by atoms with van der Waals surface area (Å²) in [7, 11) is 79.6. The fourth-order valence-corrected chi connectivity index (χ4v) is 11.0. The van der Waals surface area contributed by atoms with Gasteiger partial charge in [-0.2, -0.15) is 9.97 Å². The Balaban J connectivity index is 1.32. The van der Waals surface area contributed by atoms with Gasteiger partial charge in [0, 0.05) is 38.2 Å². The molecule has 3 heterocycles. The van der Waals surface area contributed by atoms with E-state index in [1.54, 1.807) is 0 Å². The molecule has 300 valence electrons. The van der Waals surface area contributed by atoms with Crippen LogP contribution >= 0.6 is 0 Å². The monoisotopic (exact) mass is 866 g/mol. The molecule has 6 aromatic carbocycles. The maximum Gasteiger partial charge on any atom is 0.238 e. The van der Waals surface area contributed by atoms with Gasteiger partial charge in [0.2, 0.25) is 5.95 Å². The van der Waals surface area contributed by atoms with Crippen LogP contribution in [0.2, 0.25) is 0 Å². The number of benzene rings is 6. The summed E-state index contributed by atoms with van der Waals surface area (Å²) in [6.07, 6.45) is 9.12. The lowest BCUT2D eigenvalue weighted by molar-refractivity contribution is 0.675. The standard InChI is InChI=1S/C53H26B12N4O/c1-5-8-15-26-20(4)21(6-2)25(7-3)53(26)27-16-11-9-14-24(27)30-28(53)19-18-23-22-13-10-12-17-29(22)69(47(23)30)52-67-50(66-51(68-52)34-37(56)41(60)43(62)42(61)38(34)57)33-35(54)31-32-36(55)40(59)44(63)46(65)49(32)70-48(31)45(64)39(33)58/h6-19H,2-3,5H2,1,4H3/b15-8-. The highest BCUT2D eigenvalue weighted by atomic mass is 16.3. The van der Waals surface area contributed by atoms with Crippen LogP contribution in [-0.2, 0) is 5.41 Å². The summed E-state index contributed by atoms with van der Waals surface area (Å²) in [4.78, 5) is 15.5. The quantitative estimate of drug-likeness (QED) is 0.193. The number of para-hydroxylation sites is 1. The molecule has 0 N–H and O–H groups in total. The van der Waals surface area contributed by atoms with E-state index >= 15 is 0 Å². The molecule has 0 aliphatic heterocycles. The summed E-state index contributed by atoms with van der Waals surface area (Å²) in [6.45, 7) is 12.9. The van der Waals surface area contributed by atoms with Crippen LogP contribution in [0.5, 0.6) is 0 Å². The first-order valence-corrected chi connectivity index (χ1v) is 22.3. The van der Waals surface area contributed by atoms with Crippen molar-refractivity contribution in [3.8, 4) is 39.9 Å². The van der Waals surface area contributed by atoms with E-state index < -0.39 is 5.41 Å². The Bertz CT molecular complexity index is 4000. The lowest BCUT2D eigenvalue weighted by Gasteiger charge is -2.32. The first-order chi connectivity index (χ1) is 33.6. The Morgan fingerprint density at radius 3 is 1.77 bits per heavy atom. The number of hydrogen-bond donors (Lipinski definition) is 0. The van der Waals surface area contributed by atoms with E-state index in [0.29, 0.717) is 0 Å². The highest BCUT2D eigenvalue weighted by molar-refractivity contribution is 6.70. The van der Waals surface area contributed by atoms with Gasteiger partial charge in [0.25, 0.3) is 0 Å². The Labute approximate surface area is 422 Å². The first-order valence-electron chi connectivity index (χ1n) is 22.3. The molecule has 1 unspecified atom stereocenters. The highest BCUT2D eigenvalue weighted by Crippen LogP contribution is 2.63. The number of fused-ring (bicyclic) bond motifs is 12. The second-order valence-electron chi connectivity index (χ2n) is 17.6. The summed E-state index contributed by atoms with van der Waals surface area (Å²) in [5.74, 6) is 0.0504. The number of furan rings is 1. The summed E-state index contributed by atoms with van der Waals surface area (Å²) in [5.41, 5.74) is 9.68. The Morgan fingerprint density at radius 1 is 0.557 bits per heavy atom. The summed E-state index contributed by atoms with van der Waals surface area (Å²) < 4.78 is 8.22. The van der Waals surface area contributed by atoms with Gasteiger partial charge in [0.15, 0.2) is 11.6 Å². The molecule has 24 radical (unpaired) electrons. The van der Waals surface area contributed by atoms with Crippen molar-refractivity contribution in [2.24, 2.45) is 0 Å². The van der Waals surface area contributed by atoms with Crippen molar-refractivity contribution in [2.45, 2.75) is 25.7 Å². The molecular weight excluding hydrogens is 838 g/mol. The summed E-state index contributed by atoms with van der Waals surface area (Å²) in [6, 6.07) is 20.8. The SMILES string of the molecule is [B]c1c([B])c([B])c(-c2nc(-c3c([B])c([B])c4oc5c([B])c([B])c([B])c([B])c5c4c3[B])nc(-n3c4ccccc4c4ccc5c(c43)-c3ccccc3C53C(C=C)=C(C=C)C(C)=C3/C=C\CC)n2)c([B])c1[B]. The highest BCUT2D eigenvalue weighted by Gasteiger charge is 2.52. The minimum Gasteiger partial charge on any atom is -0.457 e. The predicted molar refractivity (Wildman–Crippen MR) is 303 cm³/mol. The maximum absolute atomic E-state index is 7.20. The predicted octanol–water partition coefficient (Wildman–Crippen LogP) is -1.04. The van der Waals surface area contributed by atoms with Gasteiger partial charge in [0.05, 0.1) is 16.4 Å². The average molecular weight is 865 g/mol. The first kappa shape index (κ1) is 45.8. The molecule has 2 aliphatic rings. The largest absolute Gasteiger partial charge is 0.457 e. The fraction of sp³-hybridized carbons (Fsp3) is 0.0755. The summed E-state index contributed by atoms with van der Waals surface area (Å²) in [5, 5.41) is 2.36. The van der Waals surface area contributed by atoms with Crippen LogP contribution in [-0.4, -0.2) is 114 Å². The second kappa shape index (κ2) is 16.2. The number of aromatic nitrogens is 4. The van der Waals surface area contributed by atoms with Gasteiger partial charge in [-0.25, -0.2) is 4.98 Å². The smallest absolute Gasteiger partial charge is 0.238 e. The topological polar surface area (TPSA) is 56.7 Å². The van der Waals surface area contributed by atoms with E-state index in [-0.39, 0.29) is 116 Å². The van der Waals surface area contributed by atoms with E-state index in [9.17, 15) is 0 Å². The fourth-order valence-electron chi connectivity index (χ4n) is 11.0. The van der Waals surface area contributed by atoms with Crippen molar-refractivity contribution >= 4 is 203 Å². The molecule has 0 saturated heterocycles. The normalized spacial score (nSPS) is 15.5. The lowest BCUT2D eigenvalue weighted by atomic mass is 9.60. The molecule has 1 atom stereocenters. The molecule has 9 aromatic rings. The Hall–Kier alpha value is -6.59. The molecule has 0 saturated carbocycles.